The molecule has 10 nitrogen and oxygen atoms in total. The summed E-state index contributed by atoms with van der Waals surface area (Å²) in [7, 11) is 8.35. The second-order valence-electron chi connectivity index (χ2n) is 6.45. The van der Waals surface area contributed by atoms with Crippen molar-refractivity contribution in [3.8, 4) is 34.5 Å². The molecule has 0 bridgehead atoms. The summed E-state index contributed by atoms with van der Waals surface area (Å²) in [6.07, 6.45) is 0.189. The molecule has 0 amide bonds. The van der Waals surface area contributed by atoms with Gasteiger partial charge < -0.3 is 38.6 Å². The van der Waals surface area contributed by atoms with Crippen molar-refractivity contribution in [3.05, 3.63) is 34.4 Å². The molecule has 0 aliphatic heterocycles. The molecule has 0 atom stereocenters. The van der Waals surface area contributed by atoms with Crippen molar-refractivity contribution in [2.75, 3.05) is 42.7 Å². The first-order valence-corrected chi connectivity index (χ1v) is 9.39. The van der Waals surface area contributed by atoms with Gasteiger partial charge in [0.15, 0.2) is 23.0 Å². The minimum atomic E-state index is -1.20. The van der Waals surface area contributed by atoms with Crippen LogP contribution in [0.4, 0.5) is 0 Å². The zero-order valence-electron chi connectivity index (χ0n) is 18.7. The molecule has 0 heterocycles. The number of carbonyl (C=O) groups is 2. The van der Waals surface area contributed by atoms with Gasteiger partial charge in [-0.3, -0.25) is 0 Å². The quantitative estimate of drug-likeness (QED) is 0.527. The first-order valence-electron chi connectivity index (χ1n) is 9.39. The van der Waals surface area contributed by atoms with E-state index in [2.05, 4.69) is 0 Å². The molecule has 0 saturated carbocycles. The van der Waals surface area contributed by atoms with Gasteiger partial charge in [0.2, 0.25) is 11.5 Å². The van der Waals surface area contributed by atoms with Crippen LogP contribution in [0, 0.1) is 0 Å². The van der Waals surface area contributed by atoms with E-state index >= 15 is 0 Å². The van der Waals surface area contributed by atoms with Gasteiger partial charge in [-0.05, 0) is 25.0 Å². The number of carboxylic acids is 2. The van der Waals surface area contributed by atoms with E-state index in [-0.39, 0.29) is 58.5 Å². The molecular formula is C22H26O10. The van der Waals surface area contributed by atoms with Crippen LogP contribution in [-0.4, -0.2) is 64.8 Å². The summed E-state index contributed by atoms with van der Waals surface area (Å²) >= 11 is 0. The first kappa shape index (κ1) is 24.4. The fraction of sp³-hybridized carbons (Fsp3) is 0.364. The van der Waals surface area contributed by atoms with Gasteiger partial charge in [-0.25, -0.2) is 9.59 Å². The van der Waals surface area contributed by atoms with Gasteiger partial charge in [0.1, 0.15) is 0 Å². The highest BCUT2D eigenvalue weighted by Crippen LogP contribution is 2.45. The average molecular weight is 450 g/mol. The number of benzene rings is 2. The molecule has 32 heavy (non-hydrogen) atoms. The Kier molecular flexibility index (Phi) is 8.00. The predicted molar refractivity (Wildman–Crippen MR) is 114 cm³/mol. The highest BCUT2D eigenvalue weighted by Gasteiger charge is 2.27. The second-order valence-corrected chi connectivity index (χ2v) is 6.45. The van der Waals surface area contributed by atoms with E-state index < -0.39 is 11.9 Å². The number of methoxy groups -OCH3 is 6. The summed E-state index contributed by atoms with van der Waals surface area (Å²) in [6.45, 7) is 0. The molecule has 2 rings (SSSR count). The lowest BCUT2D eigenvalue weighted by molar-refractivity contribution is 0.0683. The van der Waals surface area contributed by atoms with Gasteiger partial charge in [0, 0.05) is 11.1 Å². The first-order chi connectivity index (χ1) is 15.3. The van der Waals surface area contributed by atoms with Crippen LogP contribution >= 0.6 is 0 Å². The van der Waals surface area contributed by atoms with E-state index in [9.17, 15) is 19.8 Å². The third-order valence-corrected chi connectivity index (χ3v) is 4.95. The van der Waals surface area contributed by atoms with Crippen molar-refractivity contribution in [3.63, 3.8) is 0 Å². The van der Waals surface area contributed by atoms with E-state index in [0.29, 0.717) is 11.1 Å². The van der Waals surface area contributed by atoms with Crippen LogP contribution in [0.2, 0.25) is 0 Å². The summed E-state index contributed by atoms with van der Waals surface area (Å²) in [5.74, 6) is -1.18. The van der Waals surface area contributed by atoms with Crippen molar-refractivity contribution in [2.24, 2.45) is 0 Å². The van der Waals surface area contributed by atoms with E-state index in [1.807, 2.05) is 0 Å². The third kappa shape index (κ3) is 4.43. The summed E-state index contributed by atoms with van der Waals surface area (Å²) in [4.78, 5) is 23.9. The lowest BCUT2D eigenvalue weighted by Crippen LogP contribution is -2.12. The maximum Gasteiger partial charge on any atom is 0.336 e. The van der Waals surface area contributed by atoms with Gasteiger partial charge in [-0.1, -0.05) is 0 Å². The number of rotatable bonds is 11. The number of hydrogen-bond donors (Lipinski definition) is 2. The van der Waals surface area contributed by atoms with Crippen LogP contribution in [-0.2, 0) is 12.8 Å². The molecule has 0 radical (unpaired) electrons. The van der Waals surface area contributed by atoms with Gasteiger partial charge in [-0.2, -0.15) is 0 Å². The maximum atomic E-state index is 11.9. The molecule has 2 aromatic carbocycles. The third-order valence-electron chi connectivity index (χ3n) is 4.95. The average Bonchev–Trinajstić information content (AvgIpc) is 2.79. The second kappa shape index (κ2) is 10.5. The Labute approximate surface area is 185 Å². The highest BCUT2D eigenvalue weighted by atomic mass is 16.5. The summed E-state index contributed by atoms with van der Waals surface area (Å²) in [6, 6.07) is 2.67. The molecule has 174 valence electrons. The molecule has 0 saturated heterocycles. The maximum absolute atomic E-state index is 11.9. The number of hydrogen-bond acceptors (Lipinski definition) is 8. The normalized spacial score (nSPS) is 10.3. The van der Waals surface area contributed by atoms with E-state index in [4.69, 9.17) is 28.4 Å². The summed E-state index contributed by atoms with van der Waals surface area (Å²) < 4.78 is 32.1. The fourth-order valence-corrected chi connectivity index (χ4v) is 3.56. The van der Waals surface area contributed by atoms with Gasteiger partial charge >= 0.3 is 11.9 Å². The van der Waals surface area contributed by atoms with Crippen molar-refractivity contribution >= 4 is 11.9 Å². The molecule has 0 unspecified atom stereocenters. The number of aromatic carboxylic acids is 2. The molecule has 2 aromatic rings. The van der Waals surface area contributed by atoms with Crippen LogP contribution < -0.4 is 28.4 Å². The fourth-order valence-electron chi connectivity index (χ4n) is 3.56. The van der Waals surface area contributed by atoms with Crippen LogP contribution in [0.3, 0.4) is 0 Å². The van der Waals surface area contributed by atoms with Crippen molar-refractivity contribution < 1.29 is 48.2 Å². The lowest BCUT2D eigenvalue weighted by Gasteiger charge is -2.20. The zero-order valence-corrected chi connectivity index (χ0v) is 18.7. The molecule has 0 aromatic heterocycles. The number of carboxylic acid groups (broad SMARTS) is 2. The van der Waals surface area contributed by atoms with Gasteiger partial charge in [0.05, 0.1) is 53.8 Å². The molecule has 2 N–H and O–H groups in total. The topological polar surface area (TPSA) is 130 Å². The largest absolute Gasteiger partial charge is 0.493 e. The van der Waals surface area contributed by atoms with E-state index in [0.717, 1.165) is 0 Å². The Bertz CT molecular complexity index is 931. The van der Waals surface area contributed by atoms with Crippen LogP contribution in [0.1, 0.15) is 31.8 Å². The minimum Gasteiger partial charge on any atom is -0.493 e. The Morgan fingerprint density at radius 2 is 0.906 bits per heavy atom. The highest BCUT2D eigenvalue weighted by molar-refractivity contribution is 5.93. The lowest BCUT2D eigenvalue weighted by atomic mass is 9.94. The number of ether oxygens (including phenoxy) is 6. The van der Waals surface area contributed by atoms with Crippen LogP contribution in [0.5, 0.6) is 34.5 Å². The molecule has 0 spiro atoms. The van der Waals surface area contributed by atoms with Gasteiger partial charge in [0.25, 0.3) is 0 Å². The minimum absolute atomic E-state index is 0.0594. The van der Waals surface area contributed by atoms with Crippen LogP contribution in [0.15, 0.2) is 12.1 Å². The molecule has 0 aliphatic rings. The molecule has 0 aliphatic carbocycles. The summed E-state index contributed by atoms with van der Waals surface area (Å²) in [5, 5.41) is 19.5. The standard InChI is InChI=1S/C22H26O10/c1-27-15-9-13(21(23)24)11(17(29-3)19(15)31-5)7-8-12-14(22(25)26)10-16(28-2)20(32-6)18(12)30-4/h9-10H,7-8H2,1-6H3,(H,23,24)(H,25,26). The summed E-state index contributed by atoms with van der Waals surface area (Å²) in [5.41, 5.74) is 0.503. The SMILES string of the molecule is COc1cc(C(=O)O)c(CCc2c(C(=O)O)cc(OC)c(OC)c2OC)c(OC)c1OC. The smallest absolute Gasteiger partial charge is 0.336 e. The van der Waals surface area contributed by atoms with Crippen molar-refractivity contribution in [1.82, 2.24) is 0 Å². The van der Waals surface area contributed by atoms with Crippen LogP contribution in [0.25, 0.3) is 0 Å². The predicted octanol–water partition coefficient (Wildman–Crippen LogP) is 2.92. The van der Waals surface area contributed by atoms with E-state index in [1.165, 1.54) is 54.8 Å². The Balaban J connectivity index is 2.70. The Hall–Kier alpha value is -3.82. The van der Waals surface area contributed by atoms with Crippen molar-refractivity contribution in [1.29, 1.82) is 0 Å². The van der Waals surface area contributed by atoms with Crippen molar-refractivity contribution in [2.45, 2.75) is 12.8 Å². The van der Waals surface area contributed by atoms with E-state index in [1.54, 1.807) is 0 Å². The Morgan fingerprint density at radius 3 is 1.12 bits per heavy atom. The Morgan fingerprint density at radius 1 is 0.594 bits per heavy atom. The molecule has 10 heteroatoms. The molecular weight excluding hydrogens is 424 g/mol. The van der Waals surface area contributed by atoms with Gasteiger partial charge in [-0.15, -0.1) is 0 Å². The molecule has 0 fully saturated rings. The zero-order chi connectivity index (χ0) is 24.0. The monoisotopic (exact) mass is 450 g/mol.